The molecule has 2 aromatic carbocycles. The fourth-order valence-corrected chi connectivity index (χ4v) is 1.76. The quantitative estimate of drug-likeness (QED) is 0.575. The van der Waals surface area contributed by atoms with E-state index < -0.39 is 10.9 Å². The highest BCUT2D eigenvalue weighted by molar-refractivity contribution is 5.91. The molecule has 0 aliphatic rings. The van der Waals surface area contributed by atoms with E-state index in [-0.39, 0.29) is 17.0 Å². The Morgan fingerprint density at radius 3 is 2.38 bits per heavy atom. The number of nitro groups is 1. The highest BCUT2D eigenvalue weighted by Crippen LogP contribution is 2.22. The second-order valence-corrected chi connectivity index (χ2v) is 4.31. The molecule has 0 atom stereocenters. The fourth-order valence-electron chi connectivity index (χ4n) is 1.76. The molecule has 3 N–H and O–H groups in total. The number of non-ortho nitro benzene ring substituents is 1. The van der Waals surface area contributed by atoms with E-state index in [1.807, 2.05) is 0 Å². The first-order chi connectivity index (χ1) is 9.97. The largest absolute Gasteiger partial charge is 0.507 e. The molecule has 2 rings (SSSR count). The van der Waals surface area contributed by atoms with E-state index in [0.717, 1.165) is 5.56 Å². The van der Waals surface area contributed by atoms with Crippen LogP contribution >= 0.6 is 0 Å². The molecule has 0 saturated carbocycles. The van der Waals surface area contributed by atoms with Crippen LogP contribution in [0.15, 0.2) is 42.5 Å². The Labute approximate surface area is 119 Å². The van der Waals surface area contributed by atoms with Crippen molar-refractivity contribution in [1.82, 2.24) is 0 Å². The molecular formula is C14H12N2O5. The lowest BCUT2D eigenvalue weighted by Crippen LogP contribution is -2.01. The molecule has 0 fully saturated rings. The van der Waals surface area contributed by atoms with Gasteiger partial charge >= 0.3 is 5.97 Å². The van der Waals surface area contributed by atoms with Crippen LogP contribution in [0.25, 0.3) is 0 Å². The summed E-state index contributed by atoms with van der Waals surface area (Å²) in [6.07, 6.45) is 0. The summed E-state index contributed by atoms with van der Waals surface area (Å²) in [5, 5.41) is 31.9. The van der Waals surface area contributed by atoms with Crippen molar-refractivity contribution >= 4 is 17.3 Å². The average Bonchev–Trinajstić information content (AvgIpc) is 2.45. The van der Waals surface area contributed by atoms with Gasteiger partial charge in [-0.1, -0.05) is 12.1 Å². The van der Waals surface area contributed by atoms with Gasteiger partial charge in [0.2, 0.25) is 0 Å². The van der Waals surface area contributed by atoms with E-state index in [9.17, 15) is 20.0 Å². The van der Waals surface area contributed by atoms with E-state index >= 15 is 0 Å². The molecule has 2 aromatic rings. The number of benzene rings is 2. The number of nitro benzene ring substituents is 1. The molecular weight excluding hydrogens is 276 g/mol. The predicted octanol–water partition coefficient (Wildman–Crippen LogP) is 2.61. The Bertz CT molecular complexity index is 682. The minimum absolute atomic E-state index is 0.0159. The summed E-state index contributed by atoms with van der Waals surface area (Å²) < 4.78 is 0. The second kappa shape index (κ2) is 5.91. The lowest BCUT2D eigenvalue weighted by Gasteiger charge is -2.08. The van der Waals surface area contributed by atoms with Crippen LogP contribution in [0.3, 0.4) is 0 Å². The predicted molar refractivity (Wildman–Crippen MR) is 75.5 cm³/mol. The summed E-state index contributed by atoms with van der Waals surface area (Å²) in [5.41, 5.74) is 1.22. The maximum absolute atomic E-state index is 10.8. The lowest BCUT2D eigenvalue weighted by atomic mass is 10.1. The number of aromatic carboxylic acids is 1. The second-order valence-electron chi connectivity index (χ2n) is 4.31. The maximum Gasteiger partial charge on any atom is 0.339 e. The molecule has 0 radical (unpaired) electrons. The highest BCUT2D eigenvalue weighted by Gasteiger charge is 2.09. The van der Waals surface area contributed by atoms with Gasteiger partial charge in [0.1, 0.15) is 11.3 Å². The summed E-state index contributed by atoms with van der Waals surface area (Å²) in [7, 11) is 0. The standard InChI is InChI=1S/C14H12N2O5/c17-13-7-10(3-6-12(13)14(18)19)15-8-9-1-4-11(5-2-9)16(20)21/h1-7,15,17H,8H2,(H,18,19). The van der Waals surface area contributed by atoms with Crippen LogP contribution in [0.5, 0.6) is 5.75 Å². The zero-order chi connectivity index (χ0) is 15.4. The number of phenols is 1. The third-order valence-corrected chi connectivity index (χ3v) is 2.87. The fraction of sp³-hybridized carbons (Fsp3) is 0.0714. The number of hydrogen-bond acceptors (Lipinski definition) is 5. The van der Waals surface area contributed by atoms with Gasteiger partial charge < -0.3 is 15.5 Å². The molecule has 0 amide bonds. The van der Waals surface area contributed by atoms with Crippen LogP contribution in [0.4, 0.5) is 11.4 Å². The molecule has 7 nitrogen and oxygen atoms in total. The number of hydrogen-bond donors (Lipinski definition) is 3. The molecule has 21 heavy (non-hydrogen) atoms. The van der Waals surface area contributed by atoms with Crippen molar-refractivity contribution in [3.05, 3.63) is 63.7 Å². The van der Waals surface area contributed by atoms with Crippen LogP contribution in [0.1, 0.15) is 15.9 Å². The summed E-state index contributed by atoms with van der Waals surface area (Å²) in [5.74, 6) is -1.52. The van der Waals surface area contributed by atoms with Gasteiger partial charge in [-0.05, 0) is 17.7 Å². The first-order valence-corrected chi connectivity index (χ1v) is 6.01. The number of nitrogens with zero attached hydrogens (tertiary/aromatic N) is 1. The van der Waals surface area contributed by atoms with Crippen LogP contribution in [-0.2, 0) is 6.54 Å². The summed E-state index contributed by atoms with van der Waals surface area (Å²) >= 11 is 0. The van der Waals surface area contributed by atoms with Crippen molar-refractivity contribution in [1.29, 1.82) is 0 Å². The molecule has 0 aliphatic carbocycles. The normalized spacial score (nSPS) is 10.1. The number of carboxylic acid groups (broad SMARTS) is 1. The van der Waals surface area contributed by atoms with E-state index in [4.69, 9.17) is 5.11 Å². The van der Waals surface area contributed by atoms with Gasteiger partial charge in [-0.2, -0.15) is 0 Å². The van der Waals surface area contributed by atoms with E-state index in [1.54, 1.807) is 12.1 Å². The maximum atomic E-state index is 10.8. The minimum atomic E-state index is -1.20. The number of rotatable bonds is 5. The first kappa shape index (κ1) is 14.3. The van der Waals surface area contributed by atoms with Gasteiger partial charge in [-0.25, -0.2) is 4.79 Å². The van der Waals surface area contributed by atoms with Crippen molar-refractivity contribution in [2.45, 2.75) is 6.54 Å². The van der Waals surface area contributed by atoms with Gasteiger partial charge in [0, 0.05) is 30.4 Å². The number of nitrogens with one attached hydrogen (secondary N) is 1. The SMILES string of the molecule is O=C(O)c1ccc(NCc2ccc([N+](=O)[O-])cc2)cc1O. The first-order valence-electron chi connectivity index (χ1n) is 6.01. The molecule has 0 aromatic heterocycles. The average molecular weight is 288 g/mol. The van der Waals surface area contributed by atoms with Crippen molar-refractivity contribution < 1.29 is 19.9 Å². The minimum Gasteiger partial charge on any atom is -0.507 e. The number of aromatic hydroxyl groups is 1. The van der Waals surface area contributed by atoms with E-state index in [1.165, 1.54) is 30.3 Å². The molecule has 0 heterocycles. The summed E-state index contributed by atoms with van der Waals surface area (Å²) in [6, 6.07) is 10.2. The third-order valence-electron chi connectivity index (χ3n) is 2.87. The van der Waals surface area contributed by atoms with Gasteiger partial charge in [0.25, 0.3) is 5.69 Å². The summed E-state index contributed by atoms with van der Waals surface area (Å²) in [4.78, 5) is 20.8. The van der Waals surface area contributed by atoms with Crippen LogP contribution in [0.2, 0.25) is 0 Å². The molecule has 7 heteroatoms. The lowest BCUT2D eigenvalue weighted by molar-refractivity contribution is -0.384. The van der Waals surface area contributed by atoms with Crippen LogP contribution < -0.4 is 5.32 Å². The summed E-state index contributed by atoms with van der Waals surface area (Å²) in [6.45, 7) is 0.393. The Morgan fingerprint density at radius 2 is 1.86 bits per heavy atom. The van der Waals surface area contributed by atoms with Gasteiger partial charge in [0.15, 0.2) is 0 Å². The van der Waals surface area contributed by atoms with Gasteiger partial charge in [-0.3, -0.25) is 10.1 Å². The molecule has 0 unspecified atom stereocenters. The van der Waals surface area contributed by atoms with Crippen molar-refractivity contribution in [2.24, 2.45) is 0 Å². The monoisotopic (exact) mass is 288 g/mol. The van der Waals surface area contributed by atoms with Crippen molar-refractivity contribution in [2.75, 3.05) is 5.32 Å². The van der Waals surface area contributed by atoms with Crippen LogP contribution in [0, 0.1) is 10.1 Å². The number of anilines is 1. The van der Waals surface area contributed by atoms with Crippen molar-refractivity contribution in [3.63, 3.8) is 0 Å². The zero-order valence-corrected chi connectivity index (χ0v) is 10.8. The smallest absolute Gasteiger partial charge is 0.339 e. The van der Waals surface area contributed by atoms with Gasteiger partial charge in [0.05, 0.1) is 4.92 Å². The number of carboxylic acids is 1. The number of carbonyl (C=O) groups is 1. The zero-order valence-electron chi connectivity index (χ0n) is 10.8. The Kier molecular flexibility index (Phi) is 4.03. The molecule has 0 bridgehead atoms. The van der Waals surface area contributed by atoms with E-state index in [2.05, 4.69) is 5.32 Å². The third kappa shape index (κ3) is 3.47. The Hall–Kier alpha value is -3.09. The van der Waals surface area contributed by atoms with Crippen molar-refractivity contribution in [3.8, 4) is 5.75 Å². The van der Waals surface area contributed by atoms with Gasteiger partial charge in [-0.15, -0.1) is 0 Å². The topological polar surface area (TPSA) is 113 Å². The molecule has 0 aliphatic heterocycles. The Morgan fingerprint density at radius 1 is 1.19 bits per heavy atom. The molecule has 108 valence electrons. The highest BCUT2D eigenvalue weighted by atomic mass is 16.6. The molecule has 0 spiro atoms. The molecule has 0 saturated heterocycles. The van der Waals surface area contributed by atoms with Crippen LogP contribution in [-0.4, -0.2) is 21.1 Å². The van der Waals surface area contributed by atoms with E-state index in [0.29, 0.717) is 12.2 Å². The Balaban J connectivity index is 2.04.